The molecule has 0 fully saturated rings. The molecule has 5 aliphatic rings. The van der Waals surface area contributed by atoms with Crippen LogP contribution < -0.4 is 31.1 Å². The van der Waals surface area contributed by atoms with Crippen molar-refractivity contribution < 1.29 is 0 Å². The summed E-state index contributed by atoms with van der Waals surface area (Å²) in [6, 6.07) is 57.7. The molecule has 0 atom stereocenters. The Balaban J connectivity index is 1.16. The van der Waals surface area contributed by atoms with Gasteiger partial charge in [0.05, 0.1) is 0 Å². The van der Waals surface area contributed by atoms with E-state index in [0.717, 1.165) is 24.2 Å². The molecule has 8 aromatic carbocycles. The molecule has 0 saturated heterocycles. The molecule has 8 aromatic rings. The van der Waals surface area contributed by atoms with Gasteiger partial charge in [-0.2, -0.15) is 0 Å². The predicted octanol–water partition coefficient (Wildman–Crippen LogP) is 18.5. The maximum absolute atomic E-state index is 2.71. The Labute approximate surface area is 467 Å². The van der Waals surface area contributed by atoms with Crippen LogP contribution in [-0.2, 0) is 32.5 Å². The molecule has 4 heteroatoms. The lowest BCUT2D eigenvalue weighted by Gasteiger charge is -2.48. The fourth-order valence-electron chi connectivity index (χ4n) is 15.2. The van der Waals surface area contributed by atoms with E-state index in [4.69, 9.17) is 0 Å². The van der Waals surface area contributed by atoms with Crippen LogP contribution in [0, 0.1) is 20.8 Å². The maximum atomic E-state index is 2.71. The largest absolute Gasteiger partial charge is 0.311 e. The monoisotopic (exact) mass is 1020 g/mol. The van der Waals surface area contributed by atoms with Crippen molar-refractivity contribution in [3.63, 3.8) is 0 Å². The molecule has 0 radical (unpaired) electrons. The number of aryl methyl sites for hydroxylation is 3. The van der Waals surface area contributed by atoms with Crippen molar-refractivity contribution in [1.82, 2.24) is 0 Å². The molecule has 3 aliphatic carbocycles. The van der Waals surface area contributed by atoms with Gasteiger partial charge in [-0.1, -0.05) is 163 Å². The molecular weight excluding hydrogens is 942 g/mol. The molecule has 2 heterocycles. The number of rotatable bonds is 5. The number of hydrogen-bond donors (Lipinski definition) is 0. The molecule has 0 unspecified atom stereocenters. The van der Waals surface area contributed by atoms with Gasteiger partial charge in [-0.25, -0.2) is 0 Å². The second kappa shape index (κ2) is 16.9. The Hall–Kier alpha value is -6.78. The first-order valence-corrected chi connectivity index (χ1v) is 29.2. The lowest BCUT2D eigenvalue weighted by atomic mass is 9.33. The standard InChI is InChI=1S/C74H80BN3/c1-45-22-21-24-48(36-45)76(62-27-20-17-23-47(62)3)50-29-31-60-63(42-50)78(51-39-53-52-25-18-19-26-54(52)74(15,16)67(53)59(41-51)69(4,5)6)66-38-46(2)37-65-68(66)75(60)61-43-57-58(73(13,14)35-34-72(57,11)12)44-64(61)77(65)49-28-30-55-56(40-49)71(9,10)33-32-70(55,7)8/h17-31,36-44H,32-35H2,1-16H3. The third-order valence-corrected chi connectivity index (χ3v) is 19.8. The van der Waals surface area contributed by atoms with Gasteiger partial charge in [-0.3, -0.25) is 0 Å². The highest BCUT2D eigenvalue weighted by Crippen LogP contribution is 2.57. The van der Waals surface area contributed by atoms with Gasteiger partial charge in [0, 0.05) is 56.6 Å². The van der Waals surface area contributed by atoms with E-state index in [1.54, 1.807) is 0 Å². The molecule has 0 bridgehead atoms. The fraction of sp³-hybridized carbons (Fsp3) is 0.351. The number of anilines is 9. The average Bonchev–Trinajstić information content (AvgIpc) is 3.81. The van der Waals surface area contributed by atoms with Gasteiger partial charge in [0.15, 0.2) is 0 Å². The fourth-order valence-corrected chi connectivity index (χ4v) is 15.2. The van der Waals surface area contributed by atoms with Crippen molar-refractivity contribution in [3.05, 3.63) is 201 Å². The minimum absolute atomic E-state index is 0.0234. The summed E-state index contributed by atoms with van der Waals surface area (Å²) in [4.78, 5) is 7.91. The number of fused-ring (bicyclic) bond motifs is 9. The predicted molar refractivity (Wildman–Crippen MR) is 336 cm³/mol. The normalized spacial score (nSPS) is 18.2. The number of hydrogen-bond acceptors (Lipinski definition) is 3. The zero-order valence-corrected chi connectivity index (χ0v) is 49.6. The Morgan fingerprint density at radius 1 is 0.436 bits per heavy atom. The summed E-state index contributed by atoms with van der Waals surface area (Å²) in [5, 5.41) is 0. The summed E-state index contributed by atoms with van der Waals surface area (Å²) in [6.45, 7) is 38.7. The summed E-state index contributed by atoms with van der Waals surface area (Å²) in [6.07, 6.45) is 4.68. The molecule has 3 nitrogen and oxygen atoms in total. The number of benzene rings is 8. The van der Waals surface area contributed by atoms with Gasteiger partial charge >= 0.3 is 0 Å². The molecule has 13 rings (SSSR count). The molecule has 0 spiro atoms. The van der Waals surface area contributed by atoms with Crippen LogP contribution in [0.15, 0.2) is 146 Å². The third-order valence-electron chi connectivity index (χ3n) is 19.8. The molecule has 2 aliphatic heterocycles. The zero-order chi connectivity index (χ0) is 55.0. The van der Waals surface area contributed by atoms with Crippen LogP contribution in [0.3, 0.4) is 0 Å². The Morgan fingerprint density at radius 3 is 1.69 bits per heavy atom. The lowest BCUT2D eigenvalue weighted by molar-refractivity contribution is 0.332. The van der Waals surface area contributed by atoms with Crippen LogP contribution >= 0.6 is 0 Å². The van der Waals surface area contributed by atoms with Crippen molar-refractivity contribution in [3.8, 4) is 11.1 Å². The third kappa shape index (κ3) is 7.50. The van der Waals surface area contributed by atoms with Crippen LogP contribution in [0.2, 0.25) is 0 Å². The minimum Gasteiger partial charge on any atom is -0.311 e. The summed E-state index contributed by atoms with van der Waals surface area (Å²) in [5.41, 5.74) is 31.8. The van der Waals surface area contributed by atoms with Crippen molar-refractivity contribution >= 4 is 74.3 Å². The second-order valence-electron chi connectivity index (χ2n) is 28.6. The first-order valence-electron chi connectivity index (χ1n) is 29.2. The van der Waals surface area contributed by atoms with Gasteiger partial charge in [0.2, 0.25) is 0 Å². The molecule has 0 N–H and O–H groups in total. The van der Waals surface area contributed by atoms with E-state index < -0.39 is 0 Å². The summed E-state index contributed by atoms with van der Waals surface area (Å²) in [5.74, 6) is 0. The number of nitrogens with zero attached hydrogens (tertiary/aromatic N) is 3. The highest BCUT2D eigenvalue weighted by molar-refractivity contribution is 7.00. The van der Waals surface area contributed by atoms with Crippen LogP contribution in [0.5, 0.6) is 0 Å². The zero-order valence-electron chi connectivity index (χ0n) is 49.6. The molecule has 0 saturated carbocycles. The van der Waals surface area contributed by atoms with Gasteiger partial charge < -0.3 is 14.7 Å². The topological polar surface area (TPSA) is 9.72 Å². The van der Waals surface area contributed by atoms with E-state index in [9.17, 15) is 0 Å². The smallest absolute Gasteiger partial charge is 0.252 e. The molecule has 78 heavy (non-hydrogen) atoms. The van der Waals surface area contributed by atoms with Crippen molar-refractivity contribution in [1.29, 1.82) is 0 Å². The van der Waals surface area contributed by atoms with Gasteiger partial charge in [-0.15, -0.1) is 0 Å². The number of para-hydroxylation sites is 1. The van der Waals surface area contributed by atoms with E-state index in [0.29, 0.717) is 0 Å². The van der Waals surface area contributed by atoms with Crippen LogP contribution in [0.4, 0.5) is 51.2 Å². The highest BCUT2D eigenvalue weighted by atomic mass is 15.2. The highest BCUT2D eigenvalue weighted by Gasteiger charge is 2.48. The maximum Gasteiger partial charge on any atom is 0.252 e. The van der Waals surface area contributed by atoms with E-state index in [1.807, 2.05) is 0 Å². The summed E-state index contributed by atoms with van der Waals surface area (Å²) < 4.78 is 0. The Morgan fingerprint density at radius 2 is 1.03 bits per heavy atom. The lowest BCUT2D eigenvalue weighted by Crippen LogP contribution is -2.62. The quantitative estimate of drug-likeness (QED) is 0.159. The summed E-state index contributed by atoms with van der Waals surface area (Å²) in [7, 11) is 0. The molecule has 394 valence electrons. The first-order chi connectivity index (χ1) is 36.8. The van der Waals surface area contributed by atoms with E-state index in [1.165, 1.54) is 136 Å². The minimum atomic E-state index is -0.153. The van der Waals surface area contributed by atoms with Crippen LogP contribution in [0.1, 0.15) is 171 Å². The van der Waals surface area contributed by atoms with Gasteiger partial charge in [0.25, 0.3) is 6.71 Å². The Kier molecular flexibility index (Phi) is 11.0. The van der Waals surface area contributed by atoms with E-state index >= 15 is 0 Å². The van der Waals surface area contributed by atoms with Crippen LogP contribution in [-0.4, -0.2) is 6.71 Å². The molecular formula is C74H80BN3. The van der Waals surface area contributed by atoms with Crippen LogP contribution in [0.25, 0.3) is 11.1 Å². The van der Waals surface area contributed by atoms with Gasteiger partial charge in [-0.05, 0) is 229 Å². The van der Waals surface area contributed by atoms with E-state index in [2.05, 4.69) is 271 Å². The van der Waals surface area contributed by atoms with Crippen molar-refractivity contribution in [2.24, 2.45) is 0 Å². The second-order valence-corrected chi connectivity index (χ2v) is 28.6. The first kappa shape index (κ1) is 50.7. The summed E-state index contributed by atoms with van der Waals surface area (Å²) >= 11 is 0. The van der Waals surface area contributed by atoms with E-state index in [-0.39, 0.29) is 39.2 Å². The molecule has 0 aromatic heterocycles. The average molecular weight is 1020 g/mol. The Bertz CT molecular complexity index is 3840. The molecule has 0 amide bonds. The van der Waals surface area contributed by atoms with Crippen molar-refractivity contribution in [2.75, 3.05) is 14.7 Å². The van der Waals surface area contributed by atoms with Crippen molar-refractivity contribution in [2.45, 2.75) is 169 Å². The SMILES string of the molecule is Cc1cccc(N(c2ccc3c(c2)N(c2cc4c(c(C(C)(C)C)c2)C(C)(C)c2ccccc2-4)c2cc(C)cc4c2B3c2cc3c(cc2N4c2ccc4c(c2)C(C)(C)CCC4(C)C)C(C)(C)CCC3(C)C)c2ccccc2C)c1. The van der Waals surface area contributed by atoms with Gasteiger partial charge in [0.1, 0.15) is 0 Å².